The van der Waals surface area contributed by atoms with Gasteiger partial charge in [-0.25, -0.2) is 4.39 Å². The molecule has 0 amide bonds. The van der Waals surface area contributed by atoms with Crippen molar-refractivity contribution in [2.45, 2.75) is 39.0 Å². The third-order valence-electron chi connectivity index (χ3n) is 5.41. The molecule has 0 heterocycles. The summed E-state index contributed by atoms with van der Waals surface area (Å²) in [6.07, 6.45) is 5.43. The number of ether oxygens (including phenoxy) is 1. The minimum Gasteiger partial charge on any atom is -0.497 e. The quantitative estimate of drug-likeness (QED) is 0.629. The van der Waals surface area contributed by atoms with E-state index in [2.05, 4.69) is 26.5 Å². The molecule has 1 nitrogen and oxygen atoms in total. The lowest BCUT2D eigenvalue weighted by Gasteiger charge is -2.29. The highest BCUT2D eigenvalue weighted by Crippen LogP contribution is 2.51. The molecular weight excluding hydrogens is 299 g/mol. The topological polar surface area (TPSA) is 9.23 Å². The lowest BCUT2D eigenvalue weighted by atomic mass is 9.75. The Hall–Kier alpha value is -2.09. The molecule has 0 aromatic heterocycles. The van der Waals surface area contributed by atoms with Crippen LogP contribution in [-0.2, 0) is 0 Å². The molecule has 0 saturated heterocycles. The first-order chi connectivity index (χ1) is 11.5. The second kappa shape index (κ2) is 6.43. The lowest BCUT2D eigenvalue weighted by molar-refractivity contribution is 0.333. The van der Waals surface area contributed by atoms with E-state index in [9.17, 15) is 4.39 Å². The SMILES string of the molecule is C=Cc1ccc(-c2cc(OC)ccc2F)c([C@H]2CCCC2(C)C)c1. The van der Waals surface area contributed by atoms with E-state index in [1.54, 1.807) is 19.2 Å². The molecule has 1 atom stereocenters. The molecule has 2 aromatic carbocycles. The molecule has 0 unspecified atom stereocenters. The fourth-order valence-corrected chi connectivity index (χ4v) is 3.98. The van der Waals surface area contributed by atoms with E-state index in [-0.39, 0.29) is 11.2 Å². The van der Waals surface area contributed by atoms with Crippen molar-refractivity contribution in [1.29, 1.82) is 0 Å². The summed E-state index contributed by atoms with van der Waals surface area (Å²) in [4.78, 5) is 0. The summed E-state index contributed by atoms with van der Waals surface area (Å²) in [5.41, 5.74) is 4.12. The maximum atomic E-state index is 14.6. The Bertz CT molecular complexity index is 761. The van der Waals surface area contributed by atoms with Crippen molar-refractivity contribution < 1.29 is 9.13 Å². The first kappa shape index (κ1) is 16.8. The Kier molecular flexibility index (Phi) is 4.49. The van der Waals surface area contributed by atoms with Crippen LogP contribution in [-0.4, -0.2) is 7.11 Å². The van der Waals surface area contributed by atoms with E-state index >= 15 is 0 Å². The van der Waals surface area contributed by atoms with Crippen molar-refractivity contribution in [3.63, 3.8) is 0 Å². The van der Waals surface area contributed by atoms with Gasteiger partial charge in [-0.05, 0) is 59.1 Å². The van der Waals surface area contributed by atoms with Crippen LogP contribution in [0.15, 0.2) is 43.0 Å². The monoisotopic (exact) mass is 324 g/mol. The molecule has 3 rings (SSSR count). The summed E-state index contributed by atoms with van der Waals surface area (Å²) in [5, 5.41) is 0. The van der Waals surface area contributed by atoms with Crippen molar-refractivity contribution >= 4 is 6.08 Å². The van der Waals surface area contributed by atoms with Gasteiger partial charge < -0.3 is 4.74 Å². The Morgan fingerprint density at radius 1 is 1.17 bits per heavy atom. The van der Waals surface area contributed by atoms with E-state index in [0.29, 0.717) is 17.2 Å². The van der Waals surface area contributed by atoms with E-state index in [4.69, 9.17) is 4.74 Å². The molecule has 24 heavy (non-hydrogen) atoms. The average molecular weight is 324 g/mol. The lowest BCUT2D eigenvalue weighted by Crippen LogP contribution is -2.16. The smallest absolute Gasteiger partial charge is 0.131 e. The van der Waals surface area contributed by atoms with E-state index in [1.807, 2.05) is 18.2 Å². The van der Waals surface area contributed by atoms with Gasteiger partial charge >= 0.3 is 0 Å². The largest absolute Gasteiger partial charge is 0.497 e. The second-order valence-electron chi connectivity index (χ2n) is 7.33. The first-order valence-corrected chi connectivity index (χ1v) is 8.56. The summed E-state index contributed by atoms with van der Waals surface area (Å²) in [5.74, 6) is 0.896. The molecule has 2 aromatic rings. The molecule has 0 radical (unpaired) electrons. The number of hydrogen-bond donors (Lipinski definition) is 0. The summed E-state index contributed by atoms with van der Waals surface area (Å²) in [6, 6.07) is 11.2. The van der Waals surface area contributed by atoms with Crippen LogP contribution in [0.4, 0.5) is 4.39 Å². The number of halogens is 1. The van der Waals surface area contributed by atoms with Crippen LogP contribution >= 0.6 is 0 Å². The highest BCUT2D eigenvalue weighted by atomic mass is 19.1. The zero-order valence-electron chi connectivity index (χ0n) is 14.7. The van der Waals surface area contributed by atoms with Crippen LogP contribution < -0.4 is 4.74 Å². The Balaban J connectivity index is 2.20. The van der Waals surface area contributed by atoms with Crippen LogP contribution in [0.5, 0.6) is 5.75 Å². The van der Waals surface area contributed by atoms with Crippen molar-refractivity contribution in [2.24, 2.45) is 5.41 Å². The van der Waals surface area contributed by atoms with Gasteiger partial charge in [-0.15, -0.1) is 0 Å². The summed E-state index contributed by atoms with van der Waals surface area (Å²) >= 11 is 0. The highest BCUT2D eigenvalue weighted by Gasteiger charge is 2.37. The van der Waals surface area contributed by atoms with Gasteiger partial charge in [0.15, 0.2) is 0 Å². The van der Waals surface area contributed by atoms with Gasteiger partial charge in [-0.3, -0.25) is 0 Å². The predicted molar refractivity (Wildman–Crippen MR) is 98.9 cm³/mol. The number of methoxy groups -OCH3 is 1. The summed E-state index contributed by atoms with van der Waals surface area (Å²) in [7, 11) is 1.61. The van der Waals surface area contributed by atoms with Gasteiger partial charge in [0.2, 0.25) is 0 Å². The van der Waals surface area contributed by atoms with Crippen LogP contribution in [0.25, 0.3) is 17.2 Å². The molecule has 0 aliphatic heterocycles. The van der Waals surface area contributed by atoms with Crippen LogP contribution in [0.3, 0.4) is 0 Å². The van der Waals surface area contributed by atoms with Gasteiger partial charge in [0.25, 0.3) is 0 Å². The van der Waals surface area contributed by atoms with E-state index in [1.165, 1.54) is 24.5 Å². The third-order valence-corrected chi connectivity index (χ3v) is 5.41. The first-order valence-electron chi connectivity index (χ1n) is 8.56. The Morgan fingerprint density at radius 3 is 2.58 bits per heavy atom. The summed E-state index contributed by atoms with van der Waals surface area (Å²) < 4.78 is 19.9. The zero-order valence-corrected chi connectivity index (χ0v) is 14.7. The van der Waals surface area contributed by atoms with Gasteiger partial charge in [-0.2, -0.15) is 0 Å². The van der Waals surface area contributed by atoms with Crippen molar-refractivity contribution in [3.05, 3.63) is 59.9 Å². The van der Waals surface area contributed by atoms with Gasteiger partial charge in [0.1, 0.15) is 11.6 Å². The van der Waals surface area contributed by atoms with E-state index in [0.717, 1.165) is 17.5 Å². The fraction of sp³-hybridized carbons (Fsp3) is 0.364. The Labute approximate surface area is 144 Å². The minimum atomic E-state index is -0.209. The normalized spacial score (nSPS) is 19.2. The Morgan fingerprint density at radius 2 is 1.96 bits per heavy atom. The van der Waals surface area contributed by atoms with E-state index < -0.39 is 0 Å². The zero-order chi connectivity index (χ0) is 17.3. The van der Waals surface area contributed by atoms with Gasteiger partial charge in [0.05, 0.1) is 7.11 Å². The maximum absolute atomic E-state index is 14.6. The minimum absolute atomic E-state index is 0.209. The molecule has 0 N–H and O–H groups in total. The molecular formula is C22H25FO. The molecule has 0 bridgehead atoms. The van der Waals surface area contributed by atoms with Crippen LogP contribution in [0, 0.1) is 11.2 Å². The summed E-state index contributed by atoms with van der Waals surface area (Å²) in [6.45, 7) is 8.52. The predicted octanol–water partition coefficient (Wildman–Crippen LogP) is 6.44. The van der Waals surface area contributed by atoms with Crippen molar-refractivity contribution in [3.8, 4) is 16.9 Å². The number of benzene rings is 2. The molecule has 1 aliphatic carbocycles. The van der Waals surface area contributed by atoms with Crippen LogP contribution in [0.2, 0.25) is 0 Å². The molecule has 1 aliphatic rings. The van der Waals surface area contributed by atoms with Crippen molar-refractivity contribution in [1.82, 2.24) is 0 Å². The van der Waals surface area contributed by atoms with Gasteiger partial charge in [-0.1, -0.05) is 51.1 Å². The highest BCUT2D eigenvalue weighted by molar-refractivity contribution is 5.72. The van der Waals surface area contributed by atoms with Crippen LogP contribution in [0.1, 0.15) is 50.2 Å². The van der Waals surface area contributed by atoms with Gasteiger partial charge in [0, 0.05) is 5.56 Å². The third kappa shape index (κ3) is 2.98. The second-order valence-corrected chi connectivity index (χ2v) is 7.33. The number of hydrogen-bond acceptors (Lipinski definition) is 1. The maximum Gasteiger partial charge on any atom is 0.131 e. The molecule has 1 saturated carbocycles. The molecule has 1 fully saturated rings. The molecule has 126 valence electrons. The fourth-order valence-electron chi connectivity index (χ4n) is 3.98. The molecule has 2 heteroatoms. The average Bonchev–Trinajstić information content (AvgIpc) is 2.94. The molecule has 0 spiro atoms. The standard InChI is InChI=1S/C22H25FO/c1-5-15-8-10-17(19-14-16(24-4)9-11-21(19)23)18(13-15)20-7-6-12-22(20,2)3/h5,8-11,13-14,20H,1,6-7,12H2,2-4H3/t20-/m1/s1. The van der Waals surface area contributed by atoms with Crippen molar-refractivity contribution in [2.75, 3.05) is 7.11 Å². The number of rotatable bonds is 4.